The Hall–Kier alpha value is -0.970. The van der Waals surface area contributed by atoms with Crippen LogP contribution < -0.4 is 0 Å². The molecule has 0 spiro atoms. The summed E-state index contributed by atoms with van der Waals surface area (Å²) in [5, 5.41) is 10.3. The van der Waals surface area contributed by atoms with Crippen LogP contribution in [-0.2, 0) is 0 Å². The molecule has 1 aliphatic carbocycles. The van der Waals surface area contributed by atoms with Crippen LogP contribution in [-0.4, -0.2) is 59.2 Å². The van der Waals surface area contributed by atoms with Crippen molar-refractivity contribution in [1.82, 2.24) is 14.8 Å². The monoisotopic (exact) mass is 303 g/mol. The second kappa shape index (κ2) is 7.07. The molecule has 1 aromatic heterocycles. The number of likely N-dealkylation sites (tertiary alicyclic amines) is 1. The zero-order chi connectivity index (χ0) is 15.5. The van der Waals surface area contributed by atoms with E-state index in [1.165, 1.54) is 24.8 Å². The van der Waals surface area contributed by atoms with Gasteiger partial charge in [0.25, 0.3) is 0 Å². The van der Waals surface area contributed by atoms with E-state index in [0.717, 1.165) is 25.9 Å². The largest absolute Gasteiger partial charge is 0.391 e. The number of hydrogen-bond donors (Lipinski definition) is 1. The minimum atomic E-state index is -0.144. The van der Waals surface area contributed by atoms with E-state index in [1.54, 1.807) is 0 Å². The molecule has 122 valence electrons. The third-order valence-corrected chi connectivity index (χ3v) is 5.58. The number of pyridine rings is 1. The van der Waals surface area contributed by atoms with Crippen LogP contribution >= 0.6 is 0 Å². The van der Waals surface area contributed by atoms with Crippen molar-refractivity contribution in [2.45, 2.75) is 50.3 Å². The maximum absolute atomic E-state index is 10.3. The molecular weight excluding hydrogens is 274 g/mol. The van der Waals surface area contributed by atoms with E-state index < -0.39 is 0 Å². The van der Waals surface area contributed by atoms with Crippen molar-refractivity contribution in [3.63, 3.8) is 0 Å². The first-order valence-corrected chi connectivity index (χ1v) is 8.65. The van der Waals surface area contributed by atoms with Crippen LogP contribution in [0, 0.1) is 5.92 Å². The van der Waals surface area contributed by atoms with Crippen LogP contribution in [0.3, 0.4) is 0 Å². The Morgan fingerprint density at radius 3 is 2.86 bits per heavy atom. The normalized spacial score (nSPS) is 33.5. The summed E-state index contributed by atoms with van der Waals surface area (Å²) in [6.45, 7) is 2.21. The lowest BCUT2D eigenvalue weighted by Crippen LogP contribution is -2.45. The molecule has 0 unspecified atom stereocenters. The summed E-state index contributed by atoms with van der Waals surface area (Å²) < 4.78 is 0. The fraction of sp³-hybridized carbons (Fsp3) is 0.722. The molecule has 1 aromatic rings. The highest BCUT2D eigenvalue weighted by Gasteiger charge is 2.36. The molecule has 1 aliphatic heterocycles. The topological polar surface area (TPSA) is 39.6 Å². The average Bonchev–Trinajstić information content (AvgIpc) is 2.89. The maximum atomic E-state index is 10.3. The highest BCUT2D eigenvalue weighted by atomic mass is 16.3. The van der Waals surface area contributed by atoms with E-state index in [9.17, 15) is 5.11 Å². The molecule has 0 radical (unpaired) electrons. The molecule has 2 aliphatic rings. The number of nitrogens with zero attached hydrogens (tertiary/aromatic N) is 3. The van der Waals surface area contributed by atoms with Crippen molar-refractivity contribution in [3.8, 4) is 0 Å². The Labute approximate surface area is 134 Å². The Balaban J connectivity index is 1.68. The van der Waals surface area contributed by atoms with Crippen molar-refractivity contribution in [3.05, 3.63) is 30.1 Å². The lowest BCUT2D eigenvalue weighted by molar-refractivity contribution is 0.0233. The van der Waals surface area contributed by atoms with Crippen LogP contribution in [0.15, 0.2) is 24.5 Å². The Bertz CT molecular complexity index is 467. The SMILES string of the molecule is CN(C[C@@H]1CCN(C)[C@H]1c1cccnc1)[C@@H]1CCCC[C@H]1O. The molecule has 1 saturated carbocycles. The summed E-state index contributed by atoms with van der Waals surface area (Å²) in [6.07, 6.45) is 9.47. The van der Waals surface area contributed by atoms with Gasteiger partial charge in [-0.25, -0.2) is 0 Å². The molecule has 22 heavy (non-hydrogen) atoms. The minimum absolute atomic E-state index is 0.144. The molecule has 0 bridgehead atoms. The van der Waals surface area contributed by atoms with Gasteiger partial charge in [0.15, 0.2) is 0 Å². The third kappa shape index (κ3) is 3.34. The number of hydrogen-bond acceptors (Lipinski definition) is 4. The summed E-state index contributed by atoms with van der Waals surface area (Å²) in [5.74, 6) is 0.619. The van der Waals surface area contributed by atoms with Gasteiger partial charge >= 0.3 is 0 Å². The number of rotatable bonds is 4. The third-order valence-electron chi connectivity index (χ3n) is 5.58. The molecule has 0 amide bonds. The predicted octanol–water partition coefficient (Wildman–Crippen LogP) is 2.31. The van der Waals surface area contributed by atoms with Crippen LogP contribution in [0.5, 0.6) is 0 Å². The number of likely N-dealkylation sites (N-methyl/N-ethyl adjacent to an activating group) is 1. The van der Waals surface area contributed by atoms with E-state index in [1.807, 2.05) is 18.5 Å². The Morgan fingerprint density at radius 2 is 2.14 bits per heavy atom. The van der Waals surface area contributed by atoms with Crippen molar-refractivity contribution in [2.75, 3.05) is 27.2 Å². The molecule has 3 rings (SSSR count). The molecule has 2 fully saturated rings. The van der Waals surface area contributed by atoms with Crippen LogP contribution in [0.4, 0.5) is 0 Å². The summed E-state index contributed by atoms with van der Waals surface area (Å²) in [4.78, 5) is 9.16. The molecule has 0 aromatic carbocycles. The summed E-state index contributed by atoms with van der Waals surface area (Å²) in [7, 11) is 4.41. The number of aliphatic hydroxyl groups is 1. The van der Waals surface area contributed by atoms with Gasteiger partial charge in [0.1, 0.15) is 0 Å². The maximum Gasteiger partial charge on any atom is 0.0695 e. The molecule has 1 N–H and O–H groups in total. The quantitative estimate of drug-likeness (QED) is 0.926. The van der Waals surface area contributed by atoms with Crippen LogP contribution in [0.2, 0.25) is 0 Å². The van der Waals surface area contributed by atoms with Gasteiger partial charge in [-0.05, 0) is 57.5 Å². The van der Waals surface area contributed by atoms with E-state index in [-0.39, 0.29) is 6.10 Å². The summed E-state index contributed by atoms with van der Waals surface area (Å²) >= 11 is 0. The van der Waals surface area contributed by atoms with E-state index in [2.05, 4.69) is 34.9 Å². The lowest BCUT2D eigenvalue weighted by Gasteiger charge is -2.37. The zero-order valence-electron chi connectivity index (χ0n) is 13.9. The molecule has 4 nitrogen and oxygen atoms in total. The second-order valence-electron chi connectivity index (χ2n) is 7.12. The van der Waals surface area contributed by atoms with Gasteiger partial charge < -0.3 is 10.0 Å². The molecule has 4 heteroatoms. The zero-order valence-corrected chi connectivity index (χ0v) is 13.9. The predicted molar refractivity (Wildman–Crippen MR) is 88.6 cm³/mol. The fourth-order valence-corrected chi connectivity index (χ4v) is 4.41. The van der Waals surface area contributed by atoms with Crippen LogP contribution in [0.1, 0.15) is 43.7 Å². The fourth-order valence-electron chi connectivity index (χ4n) is 4.41. The summed E-state index contributed by atoms with van der Waals surface area (Å²) in [5.41, 5.74) is 1.32. The Morgan fingerprint density at radius 1 is 1.32 bits per heavy atom. The first kappa shape index (κ1) is 15.9. The average molecular weight is 303 g/mol. The molecular formula is C18H29N3O. The number of aliphatic hydroxyl groups excluding tert-OH is 1. The highest BCUT2D eigenvalue weighted by molar-refractivity contribution is 5.17. The first-order valence-electron chi connectivity index (χ1n) is 8.65. The molecule has 1 saturated heterocycles. The van der Waals surface area contributed by atoms with Gasteiger partial charge in [0, 0.05) is 31.0 Å². The van der Waals surface area contributed by atoms with Crippen molar-refractivity contribution < 1.29 is 5.11 Å². The van der Waals surface area contributed by atoms with E-state index in [0.29, 0.717) is 18.0 Å². The van der Waals surface area contributed by atoms with Gasteiger partial charge in [0.2, 0.25) is 0 Å². The lowest BCUT2D eigenvalue weighted by atomic mass is 9.89. The van der Waals surface area contributed by atoms with Gasteiger partial charge in [-0.15, -0.1) is 0 Å². The van der Waals surface area contributed by atoms with Crippen molar-refractivity contribution >= 4 is 0 Å². The van der Waals surface area contributed by atoms with Crippen LogP contribution in [0.25, 0.3) is 0 Å². The van der Waals surface area contributed by atoms with E-state index in [4.69, 9.17) is 0 Å². The summed E-state index contributed by atoms with van der Waals surface area (Å²) in [6, 6.07) is 5.03. The molecule has 2 heterocycles. The smallest absolute Gasteiger partial charge is 0.0695 e. The second-order valence-corrected chi connectivity index (χ2v) is 7.12. The standard InChI is InChI=1S/C18H29N3O/c1-20-11-9-15(18(20)14-6-5-10-19-12-14)13-21(2)16-7-3-4-8-17(16)22/h5-6,10,12,15-18,22H,3-4,7-9,11,13H2,1-2H3/t15-,16+,17+,18-/m0/s1. The molecule has 4 atom stereocenters. The van der Waals surface area contributed by atoms with Crippen molar-refractivity contribution in [1.29, 1.82) is 0 Å². The minimum Gasteiger partial charge on any atom is -0.391 e. The van der Waals surface area contributed by atoms with Crippen molar-refractivity contribution in [2.24, 2.45) is 5.92 Å². The highest BCUT2D eigenvalue weighted by Crippen LogP contribution is 2.37. The van der Waals surface area contributed by atoms with Gasteiger partial charge in [-0.2, -0.15) is 0 Å². The van der Waals surface area contributed by atoms with Gasteiger partial charge in [0.05, 0.1) is 6.10 Å². The Kier molecular flexibility index (Phi) is 5.11. The van der Waals surface area contributed by atoms with Gasteiger partial charge in [-0.1, -0.05) is 18.9 Å². The first-order chi connectivity index (χ1) is 10.7. The number of aromatic nitrogens is 1. The van der Waals surface area contributed by atoms with E-state index >= 15 is 0 Å². The van der Waals surface area contributed by atoms with Gasteiger partial charge in [-0.3, -0.25) is 9.88 Å².